The summed E-state index contributed by atoms with van der Waals surface area (Å²) in [6.45, 7) is 1.49. The topological polar surface area (TPSA) is 89.1 Å². The fourth-order valence-electron chi connectivity index (χ4n) is 3.62. The first kappa shape index (κ1) is 17.2. The van der Waals surface area contributed by atoms with Crippen LogP contribution in [0.25, 0.3) is 0 Å². The maximum atomic E-state index is 12.8. The van der Waals surface area contributed by atoms with Crippen LogP contribution in [-0.2, 0) is 28.9 Å². The zero-order valence-corrected chi connectivity index (χ0v) is 14.7. The molecule has 2 N–H and O–H groups in total. The van der Waals surface area contributed by atoms with E-state index in [1.807, 2.05) is 18.2 Å². The SMILES string of the molecule is O=C(N[C@@H]1CCOC[C@H]1OCc1ccccn1)c1n[nH]c2c1CCCC2. The normalized spacial score (nSPS) is 22.6. The quantitative estimate of drug-likeness (QED) is 0.853. The van der Waals surface area contributed by atoms with Crippen LogP contribution >= 0.6 is 0 Å². The van der Waals surface area contributed by atoms with Crippen LogP contribution in [0, 0.1) is 0 Å². The van der Waals surface area contributed by atoms with E-state index in [0.717, 1.165) is 49.1 Å². The Morgan fingerprint density at radius 1 is 1.35 bits per heavy atom. The number of nitrogens with one attached hydrogen (secondary N) is 2. The average molecular weight is 356 g/mol. The maximum absolute atomic E-state index is 12.8. The molecule has 1 aliphatic heterocycles. The Balaban J connectivity index is 1.40. The van der Waals surface area contributed by atoms with E-state index in [2.05, 4.69) is 20.5 Å². The number of amides is 1. The summed E-state index contributed by atoms with van der Waals surface area (Å²) in [5.74, 6) is -0.122. The number of pyridine rings is 1. The molecule has 4 rings (SSSR count). The predicted octanol–water partition coefficient (Wildman–Crippen LogP) is 1.79. The smallest absolute Gasteiger partial charge is 0.272 e. The van der Waals surface area contributed by atoms with Crippen molar-refractivity contribution in [1.82, 2.24) is 20.5 Å². The summed E-state index contributed by atoms with van der Waals surface area (Å²) in [4.78, 5) is 17.0. The lowest BCUT2D eigenvalue weighted by molar-refractivity contribution is -0.0743. The summed E-state index contributed by atoms with van der Waals surface area (Å²) < 4.78 is 11.5. The van der Waals surface area contributed by atoms with Crippen molar-refractivity contribution in [1.29, 1.82) is 0 Å². The van der Waals surface area contributed by atoms with Crippen LogP contribution in [0.4, 0.5) is 0 Å². The Labute approximate surface area is 152 Å². The lowest BCUT2D eigenvalue weighted by Gasteiger charge is -2.32. The minimum Gasteiger partial charge on any atom is -0.379 e. The van der Waals surface area contributed by atoms with E-state index < -0.39 is 0 Å². The number of carbonyl (C=O) groups is 1. The summed E-state index contributed by atoms with van der Waals surface area (Å²) in [5.41, 5.74) is 3.59. The summed E-state index contributed by atoms with van der Waals surface area (Å²) in [6.07, 6.45) is 6.44. The highest BCUT2D eigenvalue weighted by atomic mass is 16.5. The van der Waals surface area contributed by atoms with Gasteiger partial charge in [-0.05, 0) is 44.2 Å². The minimum absolute atomic E-state index is 0.0871. The zero-order chi connectivity index (χ0) is 17.8. The molecular formula is C19H24N4O3. The fourth-order valence-corrected chi connectivity index (χ4v) is 3.62. The van der Waals surface area contributed by atoms with Crippen molar-refractivity contribution in [3.63, 3.8) is 0 Å². The first-order valence-electron chi connectivity index (χ1n) is 9.27. The number of aromatic amines is 1. The zero-order valence-electron chi connectivity index (χ0n) is 14.7. The van der Waals surface area contributed by atoms with Gasteiger partial charge in [0, 0.05) is 24.1 Å². The van der Waals surface area contributed by atoms with Gasteiger partial charge in [0.15, 0.2) is 5.69 Å². The van der Waals surface area contributed by atoms with Gasteiger partial charge in [-0.3, -0.25) is 14.9 Å². The number of hydrogen-bond donors (Lipinski definition) is 2. The number of carbonyl (C=O) groups excluding carboxylic acids is 1. The molecule has 2 aromatic heterocycles. The van der Waals surface area contributed by atoms with Crippen molar-refractivity contribution in [2.24, 2.45) is 0 Å². The van der Waals surface area contributed by atoms with Crippen LogP contribution in [0.1, 0.15) is 46.7 Å². The van der Waals surface area contributed by atoms with E-state index in [-0.39, 0.29) is 18.1 Å². The molecule has 7 nitrogen and oxygen atoms in total. The molecule has 1 fully saturated rings. The lowest BCUT2D eigenvalue weighted by Crippen LogP contribution is -2.50. The average Bonchev–Trinajstić information content (AvgIpc) is 3.12. The van der Waals surface area contributed by atoms with Crippen LogP contribution < -0.4 is 5.32 Å². The van der Waals surface area contributed by atoms with Crippen molar-refractivity contribution >= 4 is 5.91 Å². The molecular weight excluding hydrogens is 332 g/mol. The van der Waals surface area contributed by atoms with Gasteiger partial charge >= 0.3 is 0 Å². The van der Waals surface area contributed by atoms with Crippen LogP contribution in [-0.4, -0.2) is 46.4 Å². The molecule has 1 saturated heterocycles. The van der Waals surface area contributed by atoms with Crippen molar-refractivity contribution in [3.05, 3.63) is 47.0 Å². The molecule has 2 aliphatic rings. The van der Waals surface area contributed by atoms with Crippen LogP contribution in [0.3, 0.4) is 0 Å². The highest BCUT2D eigenvalue weighted by molar-refractivity contribution is 5.94. The molecule has 0 unspecified atom stereocenters. The van der Waals surface area contributed by atoms with Crippen molar-refractivity contribution < 1.29 is 14.3 Å². The largest absolute Gasteiger partial charge is 0.379 e. The van der Waals surface area contributed by atoms with E-state index >= 15 is 0 Å². The van der Waals surface area contributed by atoms with Gasteiger partial charge in [0.1, 0.15) is 6.10 Å². The number of hydrogen-bond acceptors (Lipinski definition) is 5. The Bertz CT molecular complexity index is 746. The first-order valence-corrected chi connectivity index (χ1v) is 9.27. The van der Waals surface area contributed by atoms with Gasteiger partial charge in [0.25, 0.3) is 5.91 Å². The third-order valence-corrected chi connectivity index (χ3v) is 5.06. The fraction of sp³-hybridized carbons (Fsp3) is 0.526. The van der Waals surface area contributed by atoms with Gasteiger partial charge in [0.05, 0.1) is 24.9 Å². The Hall–Kier alpha value is -2.25. The molecule has 2 aromatic rings. The van der Waals surface area contributed by atoms with E-state index in [4.69, 9.17) is 9.47 Å². The number of H-pyrrole nitrogens is 1. The van der Waals surface area contributed by atoms with E-state index in [1.165, 1.54) is 0 Å². The highest BCUT2D eigenvalue weighted by Crippen LogP contribution is 2.22. The molecule has 1 amide bonds. The molecule has 0 aromatic carbocycles. The Morgan fingerprint density at radius 2 is 2.27 bits per heavy atom. The Morgan fingerprint density at radius 3 is 3.15 bits per heavy atom. The maximum Gasteiger partial charge on any atom is 0.272 e. The predicted molar refractivity (Wildman–Crippen MR) is 94.7 cm³/mol. The number of aromatic nitrogens is 3. The Kier molecular flexibility index (Phi) is 5.26. The van der Waals surface area contributed by atoms with E-state index in [1.54, 1.807) is 6.20 Å². The number of ether oxygens (including phenoxy) is 2. The van der Waals surface area contributed by atoms with Crippen LogP contribution in [0.15, 0.2) is 24.4 Å². The van der Waals surface area contributed by atoms with Gasteiger partial charge < -0.3 is 14.8 Å². The summed E-state index contributed by atoms with van der Waals surface area (Å²) in [6, 6.07) is 5.65. The van der Waals surface area contributed by atoms with E-state index in [9.17, 15) is 4.79 Å². The molecule has 138 valence electrons. The number of nitrogens with zero attached hydrogens (tertiary/aromatic N) is 2. The van der Waals surface area contributed by atoms with Gasteiger partial charge in [0.2, 0.25) is 0 Å². The van der Waals surface area contributed by atoms with Gasteiger partial charge in [-0.1, -0.05) is 6.07 Å². The standard InChI is InChI=1S/C19H24N4O3/c24-19(18-14-6-1-2-7-15(14)22-23-18)21-16-8-10-25-12-17(16)26-11-13-5-3-4-9-20-13/h3-5,9,16-17H,1-2,6-8,10-12H2,(H,21,24)(H,22,23)/t16-,17-/m1/s1. The number of rotatable bonds is 5. The molecule has 1 aliphatic carbocycles. The van der Waals surface area contributed by atoms with Gasteiger partial charge in [-0.2, -0.15) is 5.10 Å². The van der Waals surface area contributed by atoms with Crippen molar-refractivity contribution in [2.75, 3.05) is 13.2 Å². The molecule has 0 saturated carbocycles. The van der Waals surface area contributed by atoms with Crippen LogP contribution in [0.2, 0.25) is 0 Å². The monoisotopic (exact) mass is 356 g/mol. The minimum atomic E-state index is -0.190. The van der Waals surface area contributed by atoms with Crippen molar-refractivity contribution in [2.45, 2.75) is 50.9 Å². The summed E-state index contributed by atoms with van der Waals surface area (Å²) in [7, 11) is 0. The molecule has 7 heteroatoms. The molecule has 2 atom stereocenters. The van der Waals surface area contributed by atoms with Crippen molar-refractivity contribution in [3.8, 4) is 0 Å². The molecule has 0 spiro atoms. The molecule has 3 heterocycles. The third-order valence-electron chi connectivity index (χ3n) is 5.06. The van der Waals surface area contributed by atoms with Crippen LogP contribution in [0.5, 0.6) is 0 Å². The lowest BCUT2D eigenvalue weighted by atomic mass is 9.95. The van der Waals surface area contributed by atoms with Gasteiger partial charge in [-0.15, -0.1) is 0 Å². The molecule has 0 radical (unpaired) electrons. The second kappa shape index (κ2) is 7.97. The second-order valence-corrected chi connectivity index (χ2v) is 6.85. The number of fused-ring (bicyclic) bond motifs is 1. The number of aryl methyl sites for hydroxylation is 1. The van der Waals surface area contributed by atoms with Gasteiger partial charge in [-0.25, -0.2) is 0 Å². The highest BCUT2D eigenvalue weighted by Gasteiger charge is 2.30. The third kappa shape index (κ3) is 3.78. The molecule has 26 heavy (non-hydrogen) atoms. The summed E-state index contributed by atoms with van der Waals surface area (Å²) in [5, 5.41) is 10.4. The van der Waals surface area contributed by atoms with E-state index in [0.29, 0.717) is 25.5 Å². The second-order valence-electron chi connectivity index (χ2n) is 6.85. The first-order chi connectivity index (χ1) is 12.8. The molecule has 0 bridgehead atoms. The summed E-state index contributed by atoms with van der Waals surface area (Å²) >= 11 is 0.